The van der Waals surface area contributed by atoms with Gasteiger partial charge < -0.3 is 15.0 Å². The predicted molar refractivity (Wildman–Crippen MR) is 135 cm³/mol. The fraction of sp³-hybridized carbons (Fsp3) is 0.310. The lowest BCUT2D eigenvalue weighted by atomic mass is 10.0. The molecule has 1 atom stereocenters. The van der Waals surface area contributed by atoms with Crippen LogP contribution in [0.4, 0.5) is 0 Å². The van der Waals surface area contributed by atoms with Gasteiger partial charge in [0, 0.05) is 25.9 Å². The van der Waals surface area contributed by atoms with E-state index in [-0.39, 0.29) is 11.8 Å². The molecule has 3 aromatic carbocycles. The largest absolute Gasteiger partial charge is 0.494 e. The van der Waals surface area contributed by atoms with Crippen molar-refractivity contribution in [3.63, 3.8) is 0 Å². The Kier molecular flexibility index (Phi) is 10.2. The third-order valence-corrected chi connectivity index (χ3v) is 5.56. The van der Waals surface area contributed by atoms with Gasteiger partial charge in [-0.1, -0.05) is 85.8 Å². The monoisotopic (exact) mass is 458 g/mol. The van der Waals surface area contributed by atoms with Gasteiger partial charge in [0.1, 0.15) is 11.8 Å². The summed E-state index contributed by atoms with van der Waals surface area (Å²) in [4.78, 5) is 28.4. The molecule has 0 aliphatic heterocycles. The van der Waals surface area contributed by atoms with Crippen LogP contribution in [0, 0.1) is 0 Å². The van der Waals surface area contributed by atoms with Gasteiger partial charge in [-0.25, -0.2) is 0 Å². The highest BCUT2D eigenvalue weighted by molar-refractivity contribution is 5.88. The number of carbonyl (C=O) groups excluding carboxylic acids is 2. The topological polar surface area (TPSA) is 58.6 Å². The molecular formula is C29H34N2O3. The van der Waals surface area contributed by atoms with Crippen LogP contribution in [0.2, 0.25) is 0 Å². The van der Waals surface area contributed by atoms with E-state index in [1.807, 2.05) is 97.9 Å². The minimum absolute atomic E-state index is 0.0481. The molecule has 3 aromatic rings. The van der Waals surface area contributed by atoms with Crippen molar-refractivity contribution >= 4 is 11.8 Å². The van der Waals surface area contributed by atoms with Crippen LogP contribution in [0.3, 0.4) is 0 Å². The number of para-hydroxylation sites is 1. The molecular weight excluding hydrogens is 424 g/mol. The number of ether oxygens (including phenoxy) is 1. The fourth-order valence-corrected chi connectivity index (χ4v) is 3.77. The van der Waals surface area contributed by atoms with E-state index in [1.54, 1.807) is 4.90 Å². The number of amides is 2. The van der Waals surface area contributed by atoms with Crippen LogP contribution in [0.1, 0.15) is 37.3 Å². The molecule has 34 heavy (non-hydrogen) atoms. The maximum atomic E-state index is 13.5. The fourth-order valence-electron chi connectivity index (χ4n) is 3.77. The van der Waals surface area contributed by atoms with Gasteiger partial charge in [0.2, 0.25) is 11.8 Å². The lowest BCUT2D eigenvalue weighted by Crippen LogP contribution is -2.50. The van der Waals surface area contributed by atoms with Crippen molar-refractivity contribution in [2.45, 2.75) is 45.2 Å². The first-order valence-corrected chi connectivity index (χ1v) is 12.0. The minimum Gasteiger partial charge on any atom is -0.494 e. The molecule has 0 saturated carbocycles. The van der Waals surface area contributed by atoms with Gasteiger partial charge in [0.25, 0.3) is 0 Å². The summed E-state index contributed by atoms with van der Waals surface area (Å²) in [5.74, 6) is 0.626. The Hall–Kier alpha value is -3.60. The normalized spacial score (nSPS) is 11.4. The van der Waals surface area contributed by atoms with Gasteiger partial charge in [-0.2, -0.15) is 0 Å². The molecule has 3 rings (SSSR count). The van der Waals surface area contributed by atoms with Crippen molar-refractivity contribution in [1.82, 2.24) is 10.2 Å². The van der Waals surface area contributed by atoms with Crippen molar-refractivity contribution in [1.29, 1.82) is 0 Å². The van der Waals surface area contributed by atoms with E-state index in [9.17, 15) is 9.59 Å². The Balaban J connectivity index is 1.75. The molecule has 5 nitrogen and oxygen atoms in total. The number of nitrogens with one attached hydrogen (secondary N) is 1. The van der Waals surface area contributed by atoms with Crippen molar-refractivity contribution < 1.29 is 14.3 Å². The minimum atomic E-state index is -0.586. The van der Waals surface area contributed by atoms with E-state index in [0.717, 1.165) is 23.3 Å². The third kappa shape index (κ3) is 8.07. The molecule has 0 bridgehead atoms. The Morgan fingerprint density at radius 1 is 0.853 bits per heavy atom. The Bertz CT molecular complexity index is 994. The van der Waals surface area contributed by atoms with Gasteiger partial charge in [-0.15, -0.1) is 0 Å². The number of rotatable bonds is 13. The first-order valence-electron chi connectivity index (χ1n) is 12.0. The number of nitrogens with zero attached hydrogens (tertiary/aromatic N) is 1. The highest BCUT2D eigenvalue weighted by Gasteiger charge is 2.29. The maximum Gasteiger partial charge on any atom is 0.243 e. The van der Waals surface area contributed by atoms with E-state index in [4.69, 9.17) is 4.74 Å². The molecule has 0 radical (unpaired) electrons. The molecule has 178 valence electrons. The zero-order chi connectivity index (χ0) is 24.0. The van der Waals surface area contributed by atoms with Crippen LogP contribution < -0.4 is 10.1 Å². The van der Waals surface area contributed by atoms with Gasteiger partial charge >= 0.3 is 0 Å². The maximum absolute atomic E-state index is 13.5. The molecule has 0 fully saturated rings. The zero-order valence-electron chi connectivity index (χ0n) is 19.9. The summed E-state index contributed by atoms with van der Waals surface area (Å²) in [5, 5.41) is 3.01. The van der Waals surface area contributed by atoms with Crippen LogP contribution in [0.15, 0.2) is 91.0 Å². The van der Waals surface area contributed by atoms with Crippen LogP contribution >= 0.6 is 0 Å². The van der Waals surface area contributed by atoms with Gasteiger partial charge in [-0.3, -0.25) is 9.59 Å². The molecule has 0 spiro atoms. The smallest absolute Gasteiger partial charge is 0.243 e. The lowest BCUT2D eigenvalue weighted by Gasteiger charge is -2.31. The van der Waals surface area contributed by atoms with Crippen molar-refractivity contribution in [2.24, 2.45) is 0 Å². The summed E-state index contributed by atoms with van der Waals surface area (Å²) in [5.41, 5.74) is 2.02. The summed E-state index contributed by atoms with van der Waals surface area (Å²) in [6.07, 6.45) is 2.20. The number of hydrogen-bond donors (Lipinski definition) is 1. The molecule has 0 unspecified atom stereocenters. The first-order chi connectivity index (χ1) is 16.7. The quantitative estimate of drug-likeness (QED) is 0.366. The Morgan fingerprint density at radius 2 is 1.44 bits per heavy atom. The highest BCUT2D eigenvalue weighted by Crippen LogP contribution is 2.17. The molecule has 0 aliphatic rings. The molecule has 0 aliphatic carbocycles. The Labute approximate surface area is 202 Å². The van der Waals surface area contributed by atoms with Gasteiger partial charge in [-0.05, 0) is 36.1 Å². The summed E-state index contributed by atoms with van der Waals surface area (Å²) < 4.78 is 5.76. The van der Waals surface area contributed by atoms with E-state index in [0.29, 0.717) is 39.0 Å². The number of hydrogen-bond acceptors (Lipinski definition) is 3. The molecule has 2 amide bonds. The van der Waals surface area contributed by atoms with Crippen molar-refractivity contribution in [3.05, 3.63) is 102 Å². The molecule has 1 N–H and O–H groups in total. The second-order valence-electron chi connectivity index (χ2n) is 8.27. The van der Waals surface area contributed by atoms with Crippen molar-refractivity contribution in [3.8, 4) is 5.75 Å². The van der Waals surface area contributed by atoms with Crippen LogP contribution in [0.25, 0.3) is 0 Å². The van der Waals surface area contributed by atoms with Crippen LogP contribution in [-0.2, 0) is 22.6 Å². The highest BCUT2D eigenvalue weighted by atomic mass is 16.5. The molecule has 0 saturated heterocycles. The zero-order valence-corrected chi connectivity index (χ0v) is 19.9. The second kappa shape index (κ2) is 13.8. The summed E-state index contributed by atoms with van der Waals surface area (Å²) in [6.45, 7) is 3.44. The van der Waals surface area contributed by atoms with Crippen molar-refractivity contribution in [2.75, 3.05) is 13.2 Å². The second-order valence-corrected chi connectivity index (χ2v) is 8.27. The summed E-state index contributed by atoms with van der Waals surface area (Å²) >= 11 is 0. The van der Waals surface area contributed by atoms with Crippen LogP contribution in [-0.4, -0.2) is 35.9 Å². The molecule has 0 aromatic heterocycles. The van der Waals surface area contributed by atoms with E-state index in [2.05, 4.69) is 5.32 Å². The average molecular weight is 459 g/mol. The van der Waals surface area contributed by atoms with Gasteiger partial charge in [0.05, 0.1) is 6.61 Å². The standard InChI is InChI=1S/C29H34N2O3/c1-2-20-30-29(33)27(22-24-13-6-3-7-14-24)31(23-25-15-8-4-9-16-25)28(32)19-12-21-34-26-17-10-5-11-18-26/h3-11,13-18,27H,2,12,19-23H2,1H3,(H,30,33)/t27-/m1/s1. The van der Waals surface area contributed by atoms with E-state index in [1.165, 1.54) is 0 Å². The predicted octanol–water partition coefficient (Wildman–Crippen LogP) is 5.01. The first kappa shape index (κ1) is 25.0. The third-order valence-electron chi connectivity index (χ3n) is 5.56. The van der Waals surface area contributed by atoms with E-state index >= 15 is 0 Å². The summed E-state index contributed by atoms with van der Waals surface area (Å²) in [6, 6.07) is 28.7. The SMILES string of the molecule is CCCNC(=O)[C@@H](Cc1ccccc1)N(Cc1ccccc1)C(=O)CCCOc1ccccc1. The van der Waals surface area contributed by atoms with Gasteiger partial charge in [0.15, 0.2) is 0 Å². The lowest BCUT2D eigenvalue weighted by molar-refractivity contribution is -0.141. The molecule has 0 heterocycles. The number of carbonyl (C=O) groups is 2. The summed E-state index contributed by atoms with van der Waals surface area (Å²) in [7, 11) is 0. The average Bonchev–Trinajstić information content (AvgIpc) is 2.89. The van der Waals surface area contributed by atoms with E-state index < -0.39 is 6.04 Å². The molecule has 5 heteroatoms. The Morgan fingerprint density at radius 3 is 2.06 bits per heavy atom. The van der Waals surface area contributed by atoms with Crippen LogP contribution in [0.5, 0.6) is 5.75 Å². The number of benzene rings is 3.